The van der Waals surface area contributed by atoms with Crippen LogP contribution in [0.5, 0.6) is 0 Å². The largest absolute Gasteiger partial charge is 0.522 e. The summed E-state index contributed by atoms with van der Waals surface area (Å²) in [4.78, 5) is 20.4. The third-order valence-corrected chi connectivity index (χ3v) is 4.69. The Bertz CT molecular complexity index is 939. The molecule has 3 rings (SSSR count). The van der Waals surface area contributed by atoms with Crippen molar-refractivity contribution in [2.24, 2.45) is 0 Å². The predicted molar refractivity (Wildman–Crippen MR) is 92.9 cm³/mol. The first-order valence-corrected chi connectivity index (χ1v) is 8.84. The Balaban J connectivity index is 1.77. The van der Waals surface area contributed by atoms with Crippen LogP contribution >= 0.6 is 0 Å². The van der Waals surface area contributed by atoms with Crippen LogP contribution < -0.4 is 5.32 Å². The van der Waals surface area contributed by atoms with E-state index in [4.69, 9.17) is 0 Å². The summed E-state index contributed by atoms with van der Waals surface area (Å²) in [6, 6.07) is 1.10. The van der Waals surface area contributed by atoms with Gasteiger partial charge in [-0.3, -0.25) is 9.53 Å². The van der Waals surface area contributed by atoms with Crippen LogP contribution in [0.1, 0.15) is 6.92 Å². The summed E-state index contributed by atoms with van der Waals surface area (Å²) < 4.78 is 95.6. The van der Waals surface area contributed by atoms with Crippen LogP contribution in [0.2, 0.25) is 0 Å². The summed E-state index contributed by atoms with van der Waals surface area (Å²) in [5, 5.41) is 2.00. The van der Waals surface area contributed by atoms with E-state index in [9.17, 15) is 35.5 Å². The highest BCUT2D eigenvalue weighted by Gasteiger charge is 2.48. The average molecular weight is 452 g/mol. The number of alkyl halides is 5. The first-order chi connectivity index (χ1) is 14.5. The van der Waals surface area contributed by atoms with Gasteiger partial charge in [-0.2, -0.15) is 0 Å². The molecule has 0 spiro atoms. The minimum absolute atomic E-state index is 0.132. The van der Waals surface area contributed by atoms with Crippen LogP contribution in [0.3, 0.4) is 0 Å². The fraction of sp³-hybridized carbons (Fsp3) is 0.389. The van der Waals surface area contributed by atoms with Gasteiger partial charge in [0.1, 0.15) is 23.9 Å². The zero-order valence-corrected chi connectivity index (χ0v) is 15.7. The standard InChI is InChI=1S/C18H15F7N4O2/c1-8-11(31-18(23,24)25)6-29(8)17(30)14(15(21)22)28-16-12(20)13(26-7-27-16)9-2-4-10(19)5-3-9/h2-5,7-8,11,14-15H,6H2,1H3,(H,26,27,28)/t8-,11-,14+/m0/s1. The molecule has 168 valence electrons. The van der Waals surface area contributed by atoms with Crippen LogP contribution in [0, 0.1) is 11.6 Å². The second kappa shape index (κ2) is 8.65. The van der Waals surface area contributed by atoms with Gasteiger partial charge < -0.3 is 10.2 Å². The molecule has 1 saturated heterocycles. The van der Waals surface area contributed by atoms with Gasteiger partial charge in [0, 0.05) is 12.1 Å². The fourth-order valence-electron chi connectivity index (χ4n) is 3.01. The summed E-state index contributed by atoms with van der Waals surface area (Å²) >= 11 is 0. The van der Waals surface area contributed by atoms with E-state index in [1.807, 2.05) is 5.32 Å². The minimum atomic E-state index is -4.94. The minimum Gasteiger partial charge on any atom is -0.351 e. The van der Waals surface area contributed by atoms with E-state index in [0.717, 1.165) is 23.4 Å². The van der Waals surface area contributed by atoms with Gasteiger partial charge in [-0.25, -0.2) is 27.5 Å². The Morgan fingerprint density at radius 2 is 1.84 bits per heavy atom. The van der Waals surface area contributed by atoms with Crippen molar-refractivity contribution in [2.75, 3.05) is 11.9 Å². The van der Waals surface area contributed by atoms with Gasteiger partial charge in [0.25, 0.3) is 12.3 Å². The van der Waals surface area contributed by atoms with Crippen LogP contribution in [-0.4, -0.2) is 58.3 Å². The molecule has 2 heterocycles. The number of hydrogen-bond donors (Lipinski definition) is 1. The highest BCUT2D eigenvalue weighted by molar-refractivity contribution is 5.86. The van der Waals surface area contributed by atoms with E-state index in [2.05, 4.69) is 14.7 Å². The smallest absolute Gasteiger partial charge is 0.351 e. The summed E-state index contributed by atoms with van der Waals surface area (Å²) in [6.07, 6.45) is -8.81. The Morgan fingerprint density at radius 3 is 2.39 bits per heavy atom. The molecule has 1 aliphatic heterocycles. The van der Waals surface area contributed by atoms with Crippen LogP contribution in [0.15, 0.2) is 30.6 Å². The van der Waals surface area contributed by atoms with Gasteiger partial charge in [0.15, 0.2) is 17.7 Å². The third-order valence-electron chi connectivity index (χ3n) is 4.69. The second-order valence-corrected chi connectivity index (χ2v) is 6.68. The van der Waals surface area contributed by atoms with E-state index in [1.165, 1.54) is 19.1 Å². The van der Waals surface area contributed by atoms with E-state index >= 15 is 0 Å². The summed E-state index contributed by atoms with van der Waals surface area (Å²) in [5.74, 6) is -3.71. The van der Waals surface area contributed by atoms with Gasteiger partial charge in [-0.15, -0.1) is 13.2 Å². The second-order valence-electron chi connectivity index (χ2n) is 6.68. The van der Waals surface area contributed by atoms with Crippen molar-refractivity contribution in [1.29, 1.82) is 0 Å². The molecular formula is C18H15F7N4O2. The Labute approximate surface area is 171 Å². The molecule has 1 amide bonds. The van der Waals surface area contributed by atoms with Crippen molar-refractivity contribution >= 4 is 11.7 Å². The average Bonchev–Trinajstić information content (AvgIpc) is 2.69. The third kappa shape index (κ3) is 5.03. The van der Waals surface area contributed by atoms with Crippen molar-refractivity contribution in [1.82, 2.24) is 14.9 Å². The number of hydrogen-bond acceptors (Lipinski definition) is 5. The summed E-state index contributed by atoms with van der Waals surface area (Å²) in [6.45, 7) is 0.649. The number of nitrogens with zero attached hydrogens (tertiary/aromatic N) is 3. The maximum Gasteiger partial charge on any atom is 0.522 e. The van der Waals surface area contributed by atoms with E-state index in [-0.39, 0.29) is 11.3 Å². The number of amides is 1. The molecule has 0 radical (unpaired) electrons. The van der Waals surface area contributed by atoms with Crippen LogP contribution in [0.4, 0.5) is 36.6 Å². The van der Waals surface area contributed by atoms with Crippen molar-refractivity contribution in [2.45, 2.75) is 37.9 Å². The summed E-state index contributed by atoms with van der Waals surface area (Å²) in [7, 11) is 0. The van der Waals surface area contributed by atoms with Crippen LogP contribution in [-0.2, 0) is 9.53 Å². The zero-order valence-electron chi connectivity index (χ0n) is 15.7. The highest BCUT2D eigenvalue weighted by Crippen LogP contribution is 2.30. The molecular weight excluding hydrogens is 437 g/mol. The number of ether oxygens (including phenoxy) is 1. The maximum absolute atomic E-state index is 14.8. The first-order valence-electron chi connectivity index (χ1n) is 8.84. The lowest BCUT2D eigenvalue weighted by Gasteiger charge is -2.46. The fourth-order valence-corrected chi connectivity index (χ4v) is 3.01. The molecule has 6 nitrogen and oxygen atoms in total. The molecule has 1 aliphatic rings. The molecule has 13 heteroatoms. The van der Waals surface area contributed by atoms with Gasteiger partial charge in [-0.05, 0) is 31.2 Å². The monoisotopic (exact) mass is 452 g/mol. The number of nitrogens with one attached hydrogen (secondary N) is 1. The lowest BCUT2D eigenvalue weighted by atomic mass is 9.99. The lowest BCUT2D eigenvalue weighted by molar-refractivity contribution is -0.359. The molecule has 0 unspecified atom stereocenters. The van der Waals surface area contributed by atoms with Gasteiger partial charge in [0.05, 0.1) is 6.04 Å². The predicted octanol–water partition coefficient (Wildman–Crippen LogP) is 3.60. The first kappa shape index (κ1) is 22.7. The molecule has 0 saturated carbocycles. The molecule has 1 aromatic carbocycles. The number of carbonyl (C=O) groups is 1. The SMILES string of the molecule is C[C@H]1[C@@H](OC(F)(F)F)CN1C(=O)[C@H](Nc1ncnc(-c2ccc(F)cc2)c1F)C(F)F. The number of anilines is 1. The van der Waals surface area contributed by atoms with E-state index < -0.39 is 60.9 Å². The molecule has 1 N–H and O–H groups in total. The van der Waals surface area contributed by atoms with Crippen molar-refractivity contribution in [3.63, 3.8) is 0 Å². The van der Waals surface area contributed by atoms with Crippen LogP contribution in [0.25, 0.3) is 11.3 Å². The Kier molecular flexibility index (Phi) is 6.34. The molecule has 31 heavy (non-hydrogen) atoms. The number of halogens is 7. The molecule has 2 aromatic rings. The summed E-state index contributed by atoms with van der Waals surface area (Å²) in [5.41, 5.74) is -0.193. The van der Waals surface area contributed by atoms with Crippen molar-refractivity contribution in [3.8, 4) is 11.3 Å². The number of rotatable bonds is 6. The number of carbonyl (C=O) groups excluding carboxylic acids is 1. The van der Waals surface area contributed by atoms with Crippen molar-refractivity contribution in [3.05, 3.63) is 42.2 Å². The quantitative estimate of drug-likeness (QED) is 0.679. The Hall–Kier alpha value is -2.96. The van der Waals surface area contributed by atoms with E-state index in [0.29, 0.717) is 0 Å². The zero-order chi connectivity index (χ0) is 22.9. The van der Waals surface area contributed by atoms with Gasteiger partial charge in [0.2, 0.25) is 0 Å². The highest BCUT2D eigenvalue weighted by atomic mass is 19.4. The normalized spacial score (nSPS) is 19.8. The number of benzene rings is 1. The van der Waals surface area contributed by atoms with Crippen molar-refractivity contribution < 1.29 is 40.3 Å². The molecule has 1 fully saturated rings. The molecule has 0 aliphatic carbocycles. The molecule has 1 aromatic heterocycles. The molecule has 3 atom stereocenters. The maximum atomic E-state index is 14.8. The molecule has 0 bridgehead atoms. The lowest BCUT2D eigenvalue weighted by Crippen LogP contribution is -2.66. The number of aromatic nitrogens is 2. The Morgan fingerprint density at radius 1 is 1.19 bits per heavy atom. The van der Waals surface area contributed by atoms with Gasteiger partial charge in [-0.1, -0.05) is 0 Å². The number of likely N-dealkylation sites (tertiary alicyclic amines) is 1. The van der Waals surface area contributed by atoms with E-state index in [1.54, 1.807) is 0 Å². The van der Waals surface area contributed by atoms with Gasteiger partial charge >= 0.3 is 6.36 Å². The topological polar surface area (TPSA) is 67.3 Å².